The first kappa shape index (κ1) is 19.8. The van der Waals surface area contributed by atoms with Crippen LogP contribution in [0.5, 0.6) is 11.5 Å². The van der Waals surface area contributed by atoms with E-state index in [1.807, 2.05) is 13.8 Å². The third kappa shape index (κ3) is 3.99. The Morgan fingerprint density at radius 2 is 1.96 bits per heavy atom. The van der Waals surface area contributed by atoms with Crippen LogP contribution in [0.3, 0.4) is 0 Å². The molecule has 0 atom stereocenters. The summed E-state index contributed by atoms with van der Waals surface area (Å²) >= 11 is 5.99. The maximum atomic E-state index is 12.6. The summed E-state index contributed by atoms with van der Waals surface area (Å²) in [5.74, 6) is 1.02. The van der Waals surface area contributed by atoms with Gasteiger partial charge in [-0.15, -0.1) is 0 Å². The van der Waals surface area contributed by atoms with E-state index in [1.54, 1.807) is 48.3 Å². The van der Waals surface area contributed by atoms with Gasteiger partial charge in [-0.25, -0.2) is 4.79 Å². The number of benzene rings is 2. The van der Waals surface area contributed by atoms with Crippen molar-refractivity contribution in [1.29, 1.82) is 0 Å². The normalized spacial score (nSPS) is 15.2. The van der Waals surface area contributed by atoms with Gasteiger partial charge in [0.25, 0.3) is 0 Å². The van der Waals surface area contributed by atoms with Crippen molar-refractivity contribution >= 4 is 40.6 Å². The average molecular weight is 404 g/mol. The lowest BCUT2D eigenvalue weighted by atomic mass is 9.93. The lowest BCUT2D eigenvalue weighted by Gasteiger charge is -2.24. The fourth-order valence-electron chi connectivity index (χ4n) is 2.93. The Kier molecular flexibility index (Phi) is 5.38. The molecule has 0 saturated carbocycles. The van der Waals surface area contributed by atoms with Gasteiger partial charge in [-0.05, 0) is 50.2 Å². The summed E-state index contributed by atoms with van der Waals surface area (Å²) < 4.78 is 11.0. The summed E-state index contributed by atoms with van der Waals surface area (Å²) in [6, 6.07) is 9.61. The highest BCUT2D eigenvalue weighted by atomic mass is 35.5. The van der Waals surface area contributed by atoms with Gasteiger partial charge in [0.2, 0.25) is 5.91 Å². The third-order valence-electron chi connectivity index (χ3n) is 4.46. The van der Waals surface area contributed by atoms with E-state index >= 15 is 0 Å². The molecule has 0 unspecified atom stereocenters. The molecule has 0 aromatic heterocycles. The number of rotatable bonds is 3. The van der Waals surface area contributed by atoms with Crippen LogP contribution in [0.2, 0.25) is 5.02 Å². The van der Waals surface area contributed by atoms with E-state index in [2.05, 4.69) is 10.6 Å². The molecule has 2 aromatic carbocycles. The lowest BCUT2D eigenvalue weighted by Crippen LogP contribution is -2.39. The lowest BCUT2D eigenvalue weighted by molar-refractivity contribution is -0.127. The van der Waals surface area contributed by atoms with Crippen LogP contribution in [0.4, 0.5) is 21.9 Å². The maximum absolute atomic E-state index is 12.6. The molecule has 0 fully saturated rings. The molecule has 148 valence electrons. The van der Waals surface area contributed by atoms with Gasteiger partial charge in [0, 0.05) is 17.8 Å². The van der Waals surface area contributed by atoms with Gasteiger partial charge in [-0.1, -0.05) is 11.6 Å². The molecule has 1 heterocycles. The zero-order valence-corrected chi connectivity index (χ0v) is 16.9. The first-order valence-corrected chi connectivity index (χ1v) is 9.05. The smallest absolute Gasteiger partial charge is 0.323 e. The Morgan fingerprint density at radius 1 is 1.21 bits per heavy atom. The minimum Gasteiger partial charge on any atom is -0.495 e. The quantitative estimate of drug-likeness (QED) is 0.797. The Labute approximate surface area is 168 Å². The first-order chi connectivity index (χ1) is 13.2. The number of amides is 3. The highest BCUT2D eigenvalue weighted by Gasteiger charge is 2.36. The fraction of sp³-hybridized carbons (Fsp3) is 0.300. The predicted octanol–water partition coefficient (Wildman–Crippen LogP) is 4.37. The maximum Gasteiger partial charge on any atom is 0.323 e. The molecule has 0 radical (unpaired) electrons. The molecule has 0 aliphatic carbocycles. The van der Waals surface area contributed by atoms with Crippen molar-refractivity contribution < 1.29 is 19.1 Å². The molecular formula is C20H22ClN3O4. The van der Waals surface area contributed by atoms with Gasteiger partial charge >= 0.3 is 6.03 Å². The second-order valence-electron chi connectivity index (χ2n) is 7.14. The molecule has 0 bridgehead atoms. The van der Waals surface area contributed by atoms with Crippen molar-refractivity contribution in [3.63, 3.8) is 0 Å². The number of carbonyl (C=O) groups excluding carboxylic acids is 2. The molecule has 0 spiro atoms. The largest absolute Gasteiger partial charge is 0.495 e. The number of methoxy groups -OCH3 is 1. The molecule has 7 nitrogen and oxygen atoms in total. The van der Waals surface area contributed by atoms with E-state index in [0.717, 1.165) is 0 Å². The zero-order valence-electron chi connectivity index (χ0n) is 16.1. The van der Waals surface area contributed by atoms with E-state index in [0.29, 0.717) is 33.6 Å². The standard InChI is InChI=1S/C20H22ClN3O4/c1-20(2)11-28-17-8-6-13(10-15(17)24(3)18(20)25)22-19(26)23-14-9-12(21)5-7-16(14)27-4/h5-10H,11H2,1-4H3,(H2,22,23,26). The van der Waals surface area contributed by atoms with Crippen LogP contribution in [0.25, 0.3) is 0 Å². The van der Waals surface area contributed by atoms with Crippen molar-refractivity contribution in [2.24, 2.45) is 5.41 Å². The van der Waals surface area contributed by atoms with Crippen molar-refractivity contribution in [3.8, 4) is 11.5 Å². The minimum absolute atomic E-state index is 0.0588. The number of nitrogens with zero attached hydrogens (tertiary/aromatic N) is 1. The Morgan fingerprint density at radius 3 is 2.68 bits per heavy atom. The molecule has 2 aromatic rings. The molecule has 0 saturated heterocycles. The number of hydrogen-bond acceptors (Lipinski definition) is 4. The highest BCUT2D eigenvalue weighted by molar-refractivity contribution is 6.31. The summed E-state index contributed by atoms with van der Waals surface area (Å²) in [5.41, 5.74) is 0.913. The van der Waals surface area contributed by atoms with Gasteiger partial charge in [-0.2, -0.15) is 0 Å². The van der Waals surface area contributed by atoms with Crippen LogP contribution < -0.4 is 25.0 Å². The van der Waals surface area contributed by atoms with Gasteiger partial charge in [0.1, 0.15) is 18.1 Å². The Hall–Kier alpha value is -2.93. The number of ether oxygens (including phenoxy) is 2. The molecule has 1 aliphatic heterocycles. The van der Waals surface area contributed by atoms with Crippen molar-refractivity contribution in [2.75, 3.05) is 36.3 Å². The Balaban J connectivity index is 1.80. The van der Waals surface area contributed by atoms with Gasteiger partial charge in [-0.3, -0.25) is 4.79 Å². The van der Waals surface area contributed by atoms with Gasteiger partial charge in [0.15, 0.2) is 0 Å². The second kappa shape index (κ2) is 7.59. The van der Waals surface area contributed by atoms with Crippen LogP contribution in [0, 0.1) is 5.41 Å². The number of nitrogens with one attached hydrogen (secondary N) is 2. The second-order valence-corrected chi connectivity index (χ2v) is 7.58. The van der Waals surface area contributed by atoms with Gasteiger partial charge in [0.05, 0.1) is 23.9 Å². The summed E-state index contributed by atoms with van der Waals surface area (Å²) in [6.45, 7) is 3.95. The van der Waals surface area contributed by atoms with Crippen LogP contribution in [0.15, 0.2) is 36.4 Å². The summed E-state index contributed by atoms with van der Waals surface area (Å²) in [6.07, 6.45) is 0. The van der Waals surface area contributed by atoms with Crippen LogP contribution in [-0.4, -0.2) is 32.7 Å². The molecule has 1 aliphatic rings. The number of halogens is 1. The van der Waals surface area contributed by atoms with E-state index in [4.69, 9.17) is 21.1 Å². The van der Waals surface area contributed by atoms with E-state index in [9.17, 15) is 9.59 Å². The average Bonchev–Trinajstić information content (AvgIpc) is 2.73. The zero-order chi connectivity index (χ0) is 20.5. The third-order valence-corrected chi connectivity index (χ3v) is 4.70. The SMILES string of the molecule is COc1ccc(Cl)cc1NC(=O)Nc1ccc2c(c1)N(C)C(=O)C(C)(C)CO2. The van der Waals surface area contributed by atoms with E-state index in [-0.39, 0.29) is 12.5 Å². The van der Waals surface area contributed by atoms with E-state index < -0.39 is 11.4 Å². The molecule has 3 rings (SSSR count). The van der Waals surface area contributed by atoms with Crippen molar-refractivity contribution in [1.82, 2.24) is 0 Å². The molecule has 8 heteroatoms. The summed E-state index contributed by atoms with van der Waals surface area (Å²) in [5, 5.41) is 5.92. The molecule has 2 N–H and O–H groups in total. The molecule has 3 amide bonds. The Bertz CT molecular complexity index is 930. The highest BCUT2D eigenvalue weighted by Crippen LogP contribution is 2.37. The molecule has 28 heavy (non-hydrogen) atoms. The summed E-state index contributed by atoms with van der Waals surface area (Å²) in [7, 11) is 3.20. The number of hydrogen-bond donors (Lipinski definition) is 2. The van der Waals surface area contributed by atoms with Crippen molar-refractivity contribution in [2.45, 2.75) is 13.8 Å². The number of urea groups is 1. The van der Waals surface area contributed by atoms with Crippen LogP contribution in [-0.2, 0) is 4.79 Å². The van der Waals surface area contributed by atoms with Gasteiger partial charge < -0.3 is 25.0 Å². The number of carbonyl (C=O) groups is 2. The van der Waals surface area contributed by atoms with Crippen LogP contribution >= 0.6 is 11.6 Å². The van der Waals surface area contributed by atoms with E-state index in [1.165, 1.54) is 7.11 Å². The topological polar surface area (TPSA) is 79.9 Å². The fourth-order valence-corrected chi connectivity index (χ4v) is 3.10. The molecular weight excluding hydrogens is 382 g/mol. The first-order valence-electron chi connectivity index (χ1n) is 8.68. The summed E-state index contributed by atoms with van der Waals surface area (Å²) in [4.78, 5) is 26.6. The van der Waals surface area contributed by atoms with Crippen molar-refractivity contribution in [3.05, 3.63) is 41.4 Å². The monoisotopic (exact) mass is 403 g/mol. The minimum atomic E-state index is -0.637. The number of anilines is 3. The number of fused-ring (bicyclic) bond motifs is 1. The predicted molar refractivity (Wildman–Crippen MR) is 110 cm³/mol. The van der Waals surface area contributed by atoms with Crippen LogP contribution in [0.1, 0.15) is 13.8 Å².